The molecule has 2 N–H and O–H groups in total. The van der Waals surface area contributed by atoms with Gasteiger partial charge in [-0.15, -0.1) is 0 Å². The maximum absolute atomic E-state index is 12.3. The average molecular weight is 380 g/mol. The highest BCUT2D eigenvalue weighted by atomic mass is 16.7. The third kappa shape index (κ3) is 2.91. The second-order valence-electron chi connectivity index (χ2n) is 8.05. The smallest absolute Gasteiger partial charge is 0.337 e. The fraction of sp³-hybridized carbons (Fsp3) is 0.684. The molecule has 3 heterocycles. The Labute approximate surface area is 156 Å². The van der Waals surface area contributed by atoms with E-state index in [1.165, 1.54) is 0 Å². The lowest BCUT2D eigenvalue weighted by Crippen LogP contribution is -2.38. The number of esters is 2. The van der Waals surface area contributed by atoms with E-state index >= 15 is 0 Å². The van der Waals surface area contributed by atoms with Gasteiger partial charge in [0.1, 0.15) is 29.5 Å². The number of aliphatic hydroxyl groups is 2. The van der Waals surface area contributed by atoms with Gasteiger partial charge >= 0.3 is 11.9 Å². The number of aliphatic hydroxyl groups excluding tert-OH is 2. The molecule has 3 aliphatic heterocycles. The summed E-state index contributed by atoms with van der Waals surface area (Å²) in [6.45, 7) is 4.48. The Bertz CT molecular complexity index is 740. The van der Waals surface area contributed by atoms with Crippen molar-refractivity contribution in [3.8, 4) is 0 Å². The van der Waals surface area contributed by atoms with Crippen LogP contribution in [-0.2, 0) is 28.5 Å². The van der Waals surface area contributed by atoms with Gasteiger partial charge < -0.3 is 29.2 Å². The molecule has 0 aromatic rings. The maximum Gasteiger partial charge on any atom is 0.337 e. The van der Waals surface area contributed by atoms with Crippen LogP contribution in [0.25, 0.3) is 0 Å². The standard InChI is InChI=1S/C19H24O8/c1-9(2)16(22)24-11-6-19(8-21)12(26-19)4-5-18(3)15(27-18)14-13(11)10(7-20)17(23)25-14/h4-5,9,11-12,14-15,20-21H,6-8H2,1-3H3/b5-4-/t11-,12-,14-,15+,18+,19-/m0/s1. The summed E-state index contributed by atoms with van der Waals surface area (Å²) in [7, 11) is 0. The fourth-order valence-electron chi connectivity index (χ4n) is 3.91. The Morgan fingerprint density at radius 1 is 1.37 bits per heavy atom. The van der Waals surface area contributed by atoms with Gasteiger partial charge in [-0.25, -0.2) is 4.79 Å². The van der Waals surface area contributed by atoms with Gasteiger partial charge in [0.25, 0.3) is 0 Å². The molecular weight excluding hydrogens is 356 g/mol. The molecule has 0 amide bonds. The second kappa shape index (κ2) is 6.13. The van der Waals surface area contributed by atoms with Crippen LogP contribution in [0.4, 0.5) is 0 Å². The number of ether oxygens (including phenoxy) is 4. The van der Waals surface area contributed by atoms with Crippen molar-refractivity contribution < 1.29 is 38.7 Å². The monoisotopic (exact) mass is 380 g/mol. The molecule has 8 nitrogen and oxygen atoms in total. The van der Waals surface area contributed by atoms with Crippen molar-refractivity contribution in [2.75, 3.05) is 13.2 Å². The van der Waals surface area contributed by atoms with Gasteiger partial charge in [0.2, 0.25) is 0 Å². The Hall–Kier alpha value is -1.74. The first-order valence-corrected chi connectivity index (χ1v) is 9.16. The van der Waals surface area contributed by atoms with E-state index < -0.39 is 48.1 Å². The van der Waals surface area contributed by atoms with E-state index in [0.29, 0.717) is 5.57 Å². The third-order valence-corrected chi connectivity index (χ3v) is 5.76. The van der Waals surface area contributed by atoms with Gasteiger partial charge in [0.15, 0.2) is 6.10 Å². The molecule has 0 bridgehead atoms. The zero-order valence-corrected chi connectivity index (χ0v) is 15.5. The Morgan fingerprint density at radius 3 is 2.74 bits per heavy atom. The average Bonchev–Trinajstić information content (AvgIpc) is 3.47. The predicted octanol–water partition coefficient (Wildman–Crippen LogP) is 0.0158. The zero-order valence-electron chi connectivity index (χ0n) is 15.5. The summed E-state index contributed by atoms with van der Waals surface area (Å²) in [4.78, 5) is 24.6. The Balaban J connectivity index is 1.78. The number of hydrogen-bond donors (Lipinski definition) is 2. The van der Waals surface area contributed by atoms with Crippen molar-refractivity contribution in [2.45, 2.75) is 62.8 Å². The minimum atomic E-state index is -0.903. The second-order valence-corrected chi connectivity index (χ2v) is 8.05. The number of fused-ring (bicyclic) bond motifs is 4. The minimum Gasteiger partial charge on any atom is -0.457 e. The van der Waals surface area contributed by atoms with Crippen molar-refractivity contribution in [3.63, 3.8) is 0 Å². The van der Waals surface area contributed by atoms with Crippen LogP contribution in [0.3, 0.4) is 0 Å². The number of carbonyl (C=O) groups is 2. The molecule has 1 aliphatic carbocycles. The van der Waals surface area contributed by atoms with Crippen LogP contribution in [0.2, 0.25) is 0 Å². The highest BCUT2D eigenvalue weighted by Crippen LogP contribution is 2.51. The SMILES string of the molecule is CC(C)C(=O)O[C@H]1C[C@@]2(CO)O[C@H]2/C=C\[C@@]2(C)O[C@@H]2[C@H]2OC(=O)C(CO)=C12. The first-order valence-electron chi connectivity index (χ1n) is 9.16. The van der Waals surface area contributed by atoms with Crippen molar-refractivity contribution in [1.82, 2.24) is 0 Å². The van der Waals surface area contributed by atoms with Crippen LogP contribution in [0, 0.1) is 5.92 Å². The quantitative estimate of drug-likeness (QED) is 0.398. The molecule has 2 saturated heterocycles. The molecule has 4 aliphatic rings. The molecule has 0 unspecified atom stereocenters. The molecule has 6 atom stereocenters. The van der Waals surface area contributed by atoms with E-state index in [1.54, 1.807) is 13.8 Å². The summed E-state index contributed by atoms with van der Waals surface area (Å²) in [5.41, 5.74) is -1.07. The summed E-state index contributed by atoms with van der Waals surface area (Å²) in [6, 6.07) is 0. The zero-order chi connectivity index (χ0) is 19.6. The van der Waals surface area contributed by atoms with Crippen LogP contribution in [0.15, 0.2) is 23.3 Å². The highest BCUT2D eigenvalue weighted by molar-refractivity contribution is 5.93. The minimum absolute atomic E-state index is 0.0780. The molecule has 0 aromatic carbocycles. The number of rotatable bonds is 4. The first kappa shape index (κ1) is 18.6. The first-order chi connectivity index (χ1) is 12.7. The highest BCUT2D eigenvalue weighted by Gasteiger charge is 2.64. The molecule has 0 aromatic heterocycles. The molecule has 4 rings (SSSR count). The normalized spacial score (nSPS) is 43.4. The molecule has 27 heavy (non-hydrogen) atoms. The van der Waals surface area contributed by atoms with Crippen LogP contribution < -0.4 is 0 Å². The summed E-state index contributed by atoms with van der Waals surface area (Å²) >= 11 is 0. The molecule has 148 valence electrons. The van der Waals surface area contributed by atoms with Crippen molar-refractivity contribution >= 4 is 11.9 Å². The van der Waals surface area contributed by atoms with E-state index in [1.807, 2.05) is 19.1 Å². The van der Waals surface area contributed by atoms with Crippen LogP contribution >= 0.6 is 0 Å². The van der Waals surface area contributed by atoms with E-state index in [2.05, 4.69) is 0 Å². The Morgan fingerprint density at radius 2 is 2.11 bits per heavy atom. The van der Waals surface area contributed by atoms with Gasteiger partial charge in [-0.05, 0) is 6.92 Å². The molecule has 2 fully saturated rings. The summed E-state index contributed by atoms with van der Waals surface area (Å²) in [6.07, 6.45) is 1.45. The van der Waals surface area contributed by atoms with E-state index in [0.717, 1.165) is 0 Å². The summed E-state index contributed by atoms with van der Waals surface area (Å²) < 4.78 is 22.7. The maximum atomic E-state index is 12.3. The largest absolute Gasteiger partial charge is 0.457 e. The lowest BCUT2D eigenvalue weighted by atomic mass is 9.85. The third-order valence-electron chi connectivity index (χ3n) is 5.76. The van der Waals surface area contributed by atoms with Crippen molar-refractivity contribution in [3.05, 3.63) is 23.3 Å². The lowest BCUT2D eigenvalue weighted by Gasteiger charge is -2.26. The van der Waals surface area contributed by atoms with Gasteiger partial charge in [-0.1, -0.05) is 26.0 Å². The van der Waals surface area contributed by atoms with Crippen molar-refractivity contribution in [2.24, 2.45) is 5.92 Å². The fourth-order valence-corrected chi connectivity index (χ4v) is 3.91. The molecule has 0 radical (unpaired) electrons. The molecule has 0 saturated carbocycles. The van der Waals surface area contributed by atoms with E-state index in [-0.39, 0.29) is 30.6 Å². The van der Waals surface area contributed by atoms with E-state index in [4.69, 9.17) is 18.9 Å². The van der Waals surface area contributed by atoms with Crippen LogP contribution in [0.5, 0.6) is 0 Å². The summed E-state index contributed by atoms with van der Waals surface area (Å²) in [5.74, 6) is -1.46. The van der Waals surface area contributed by atoms with Crippen LogP contribution in [-0.4, -0.2) is 71.0 Å². The van der Waals surface area contributed by atoms with Crippen LogP contribution in [0.1, 0.15) is 27.2 Å². The number of hydrogen-bond acceptors (Lipinski definition) is 8. The van der Waals surface area contributed by atoms with Gasteiger partial charge in [0.05, 0.1) is 24.7 Å². The van der Waals surface area contributed by atoms with Crippen molar-refractivity contribution in [1.29, 1.82) is 0 Å². The molecule has 8 heteroatoms. The lowest BCUT2D eigenvalue weighted by molar-refractivity contribution is -0.152. The van der Waals surface area contributed by atoms with Gasteiger partial charge in [-0.3, -0.25) is 4.79 Å². The molecular formula is C19H24O8. The van der Waals surface area contributed by atoms with E-state index in [9.17, 15) is 19.8 Å². The predicted molar refractivity (Wildman–Crippen MR) is 90.4 cm³/mol. The number of epoxide rings is 2. The number of carbonyl (C=O) groups excluding carboxylic acids is 2. The van der Waals surface area contributed by atoms with Gasteiger partial charge in [-0.2, -0.15) is 0 Å². The summed E-state index contributed by atoms with van der Waals surface area (Å²) in [5, 5.41) is 19.6. The van der Waals surface area contributed by atoms with Gasteiger partial charge in [0, 0.05) is 12.0 Å². The molecule has 0 spiro atoms. The topological polar surface area (TPSA) is 118 Å². The Kier molecular flexibility index (Phi) is 4.23.